The van der Waals surface area contributed by atoms with Crippen molar-refractivity contribution < 1.29 is 0 Å². The van der Waals surface area contributed by atoms with E-state index in [0.717, 1.165) is 31.5 Å². The van der Waals surface area contributed by atoms with Crippen molar-refractivity contribution in [3.05, 3.63) is 54.1 Å². The predicted molar refractivity (Wildman–Crippen MR) is 104 cm³/mol. The molecule has 0 spiro atoms. The fourth-order valence-electron chi connectivity index (χ4n) is 2.40. The number of benzene rings is 1. The molecule has 0 unspecified atom stereocenters. The molecule has 0 radical (unpaired) electrons. The minimum Gasteiger partial charge on any atom is -0.356 e. The van der Waals surface area contributed by atoms with Crippen LogP contribution in [0.4, 0.5) is 0 Å². The van der Waals surface area contributed by atoms with Gasteiger partial charge in [0.05, 0.1) is 6.33 Å². The van der Waals surface area contributed by atoms with Gasteiger partial charge < -0.3 is 15.2 Å². The van der Waals surface area contributed by atoms with Gasteiger partial charge in [0.1, 0.15) is 0 Å². The molecule has 5 nitrogen and oxygen atoms in total. The molecule has 1 aliphatic carbocycles. The normalized spacial score (nSPS) is 14.2. The van der Waals surface area contributed by atoms with Gasteiger partial charge in [-0.25, -0.2) is 4.98 Å². The van der Waals surface area contributed by atoms with Gasteiger partial charge in [-0.05, 0) is 29.9 Å². The smallest absolute Gasteiger partial charge is 0.191 e. The van der Waals surface area contributed by atoms with Gasteiger partial charge in [0, 0.05) is 39.1 Å². The maximum atomic E-state index is 4.27. The number of imidazole rings is 1. The third-order valence-electron chi connectivity index (χ3n) is 3.85. The van der Waals surface area contributed by atoms with Gasteiger partial charge in [-0.3, -0.25) is 4.99 Å². The first-order valence-electron chi connectivity index (χ1n) is 7.81. The Labute approximate surface area is 154 Å². The lowest BCUT2D eigenvalue weighted by Crippen LogP contribution is -2.37. The Balaban J connectivity index is 0.00000192. The van der Waals surface area contributed by atoms with E-state index < -0.39 is 0 Å². The van der Waals surface area contributed by atoms with Crippen molar-refractivity contribution in [2.45, 2.75) is 25.9 Å². The molecular formula is C17H24IN5. The molecule has 1 aromatic heterocycles. The summed E-state index contributed by atoms with van der Waals surface area (Å²) in [5.41, 5.74) is 2.53. The van der Waals surface area contributed by atoms with Crippen LogP contribution in [-0.2, 0) is 13.1 Å². The Bertz CT molecular complexity index is 620. The quantitative estimate of drug-likeness (QED) is 0.425. The zero-order valence-electron chi connectivity index (χ0n) is 13.4. The van der Waals surface area contributed by atoms with E-state index in [9.17, 15) is 0 Å². The lowest BCUT2D eigenvalue weighted by Gasteiger charge is -2.12. The van der Waals surface area contributed by atoms with Crippen LogP contribution in [0.3, 0.4) is 0 Å². The lowest BCUT2D eigenvalue weighted by atomic mass is 10.1. The molecule has 1 aliphatic rings. The Hall–Kier alpha value is -1.57. The molecule has 6 heteroatoms. The summed E-state index contributed by atoms with van der Waals surface area (Å²) in [7, 11) is 1.82. The molecule has 1 saturated carbocycles. The summed E-state index contributed by atoms with van der Waals surface area (Å²) in [6, 6.07) is 8.60. The highest BCUT2D eigenvalue weighted by Crippen LogP contribution is 2.27. The van der Waals surface area contributed by atoms with Gasteiger partial charge >= 0.3 is 0 Å². The largest absolute Gasteiger partial charge is 0.356 e. The molecular weight excluding hydrogens is 401 g/mol. The number of rotatable bonds is 6. The van der Waals surface area contributed by atoms with E-state index in [-0.39, 0.29) is 24.0 Å². The van der Waals surface area contributed by atoms with Crippen LogP contribution in [0, 0.1) is 5.92 Å². The minimum absolute atomic E-state index is 0. The van der Waals surface area contributed by atoms with E-state index in [4.69, 9.17) is 0 Å². The lowest BCUT2D eigenvalue weighted by molar-refractivity contribution is 0.736. The van der Waals surface area contributed by atoms with E-state index in [1.807, 2.05) is 19.6 Å². The van der Waals surface area contributed by atoms with Crippen LogP contribution in [0.2, 0.25) is 0 Å². The predicted octanol–water partition coefficient (Wildman–Crippen LogP) is 2.62. The van der Waals surface area contributed by atoms with Crippen molar-refractivity contribution in [3.8, 4) is 0 Å². The summed E-state index contributed by atoms with van der Waals surface area (Å²) in [6.45, 7) is 2.66. The third kappa shape index (κ3) is 5.85. The number of nitrogens with one attached hydrogen (secondary N) is 2. The molecule has 1 heterocycles. The van der Waals surface area contributed by atoms with Gasteiger partial charge in [0.25, 0.3) is 0 Å². The van der Waals surface area contributed by atoms with Crippen LogP contribution in [0.5, 0.6) is 0 Å². The molecule has 0 saturated heterocycles. The molecule has 1 aromatic carbocycles. The van der Waals surface area contributed by atoms with E-state index in [1.165, 1.54) is 24.0 Å². The van der Waals surface area contributed by atoms with Crippen LogP contribution >= 0.6 is 24.0 Å². The minimum atomic E-state index is 0. The van der Waals surface area contributed by atoms with E-state index >= 15 is 0 Å². The maximum Gasteiger partial charge on any atom is 0.191 e. The van der Waals surface area contributed by atoms with Crippen LogP contribution in [-0.4, -0.2) is 29.1 Å². The Morgan fingerprint density at radius 2 is 2.13 bits per heavy atom. The first kappa shape index (κ1) is 17.8. The monoisotopic (exact) mass is 425 g/mol. The van der Waals surface area contributed by atoms with Gasteiger partial charge in [-0.1, -0.05) is 24.3 Å². The second kappa shape index (κ2) is 8.90. The molecule has 2 N–H and O–H groups in total. The van der Waals surface area contributed by atoms with Crippen molar-refractivity contribution in [3.63, 3.8) is 0 Å². The summed E-state index contributed by atoms with van der Waals surface area (Å²) in [5.74, 6) is 1.73. The van der Waals surface area contributed by atoms with E-state index in [1.54, 1.807) is 6.20 Å². The third-order valence-corrected chi connectivity index (χ3v) is 3.85. The van der Waals surface area contributed by atoms with Gasteiger partial charge in [0.2, 0.25) is 0 Å². The van der Waals surface area contributed by atoms with Gasteiger partial charge in [0.15, 0.2) is 5.96 Å². The van der Waals surface area contributed by atoms with Crippen molar-refractivity contribution in [2.24, 2.45) is 10.9 Å². The van der Waals surface area contributed by atoms with Crippen LogP contribution in [0.1, 0.15) is 24.0 Å². The summed E-state index contributed by atoms with van der Waals surface area (Å²) >= 11 is 0. The van der Waals surface area contributed by atoms with Crippen LogP contribution in [0.15, 0.2) is 48.0 Å². The molecule has 23 heavy (non-hydrogen) atoms. The highest BCUT2D eigenvalue weighted by Gasteiger charge is 2.20. The van der Waals surface area contributed by atoms with Gasteiger partial charge in [-0.15, -0.1) is 24.0 Å². The zero-order valence-corrected chi connectivity index (χ0v) is 15.7. The molecule has 2 aromatic rings. The van der Waals surface area contributed by atoms with Crippen molar-refractivity contribution in [1.82, 2.24) is 20.2 Å². The topological polar surface area (TPSA) is 54.2 Å². The Kier molecular flexibility index (Phi) is 6.88. The number of guanidine groups is 1. The summed E-state index contributed by atoms with van der Waals surface area (Å²) in [5, 5.41) is 6.75. The second-order valence-corrected chi connectivity index (χ2v) is 5.81. The SMILES string of the molecule is CN=C(NCc1cccc(Cn2ccnc2)c1)NCC1CC1.I. The highest BCUT2D eigenvalue weighted by atomic mass is 127. The average molecular weight is 425 g/mol. The molecule has 0 aliphatic heterocycles. The van der Waals surface area contributed by atoms with Crippen molar-refractivity contribution in [1.29, 1.82) is 0 Å². The van der Waals surface area contributed by atoms with Gasteiger partial charge in [-0.2, -0.15) is 0 Å². The highest BCUT2D eigenvalue weighted by molar-refractivity contribution is 14.0. The number of aliphatic imine (C=N–C) groups is 1. The van der Waals surface area contributed by atoms with Crippen LogP contribution < -0.4 is 10.6 Å². The summed E-state index contributed by atoms with van der Waals surface area (Å²) in [6.07, 6.45) is 8.32. The number of aromatic nitrogens is 2. The Morgan fingerprint density at radius 1 is 1.30 bits per heavy atom. The number of hydrogen-bond donors (Lipinski definition) is 2. The average Bonchev–Trinajstić information content (AvgIpc) is 3.23. The number of halogens is 1. The molecule has 3 rings (SSSR count). The molecule has 0 amide bonds. The zero-order chi connectivity index (χ0) is 15.2. The Morgan fingerprint density at radius 3 is 2.83 bits per heavy atom. The van der Waals surface area contributed by atoms with Crippen LogP contribution in [0.25, 0.3) is 0 Å². The van der Waals surface area contributed by atoms with Crippen molar-refractivity contribution >= 4 is 29.9 Å². The second-order valence-electron chi connectivity index (χ2n) is 5.81. The standard InChI is InChI=1S/C17H23N5.HI/c1-18-17(20-10-14-5-6-14)21-11-15-3-2-4-16(9-15)12-22-8-7-19-13-22;/h2-4,7-9,13-14H,5-6,10-12H2,1H3,(H2,18,20,21);1H. The fraction of sp³-hybridized carbons (Fsp3) is 0.412. The number of hydrogen-bond acceptors (Lipinski definition) is 2. The molecule has 0 atom stereocenters. The summed E-state index contributed by atoms with van der Waals surface area (Å²) < 4.78 is 2.07. The molecule has 0 bridgehead atoms. The van der Waals surface area contributed by atoms with E-state index in [0.29, 0.717) is 0 Å². The number of nitrogens with zero attached hydrogens (tertiary/aromatic N) is 3. The first-order valence-corrected chi connectivity index (χ1v) is 7.81. The fourth-order valence-corrected chi connectivity index (χ4v) is 2.40. The molecule has 124 valence electrons. The van der Waals surface area contributed by atoms with Crippen molar-refractivity contribution in [2.75, 3.05) is 13.6 Å². The van der Waals surface area contributed by atoms with E-state index in [2.05, 4.69) is 49.4 Å². The maximum absolute atomic E-state index is 4.27. The summed E-state index contributed by atoms with van der Waals surface area (Å²) in [4.78, 5) is 8.35. The molecule has 1 fully saturated rings. The first-order chi connectivity index (χ1) is 10.8.